The Labute approximate surface area is 141 Å². The summed E-state index contributed by atoms with van der Waals surface area (Å²) in [4.78, 5) is 14.5. The highest BCUT2D eigenvalue weighted by Crippen LogP contribution is 2.16. The van der Waals surface area contributed by atoms with Crippen molar-refractivity contribution in [1.82, 2.24) is 4.90 Å². The van der Waals surface area contributed by atoms with Crippen LogP contribution in [-0.2, 0) is 13.1 Å². The standard InChI is InChI=1S/C17H14INO3/c18-14-5-1-4-13(10-14)17(20)19(11-15-6-2-8-21-15)12-16-7-3-9-22-16/h1-10H,11-12H2. The van der Waals surface area contributed by atoms with E-state index in [1.807, 2.05) is 48.5 Å². The summed E-state index contributed by atoms with van der Waals surface area (Å²) >= 11 is 2.20. The van der Waals surface area contributed by atoms with Gasteiger partial charge in [-0.3, -0.25) is 4.79 Å². The van der Waals surface area contributed by atoms with Crippen LogP contribution in [0.15, 0.2) is 69.9 Å². The monoisotopic (exact) mass is 407 g/mol. The number of hydrogen-bond acceptors (Lipinski definition) is 3. The third-order valence-electron chi connectivity index (χ3n) is 3.21. The summed E-state index contributed by atoms with van der Waals surface area (Å²) in [6.45, 7) is 0.802. The predicted molar refractivity (Wildman–Crippen MR) is 90.2 cm³/mol. The van der Waals surface area contributed by atoms with Crippen molar-refractivity contribution in [3.63, 3.8) is 0 Å². The molecule has 0 fully saturated rings. The van der Waals surface area contributed by atoms with E-state index < -0.39 is 0 Å². The van der Waals surface area contributed by atoms with E-state index in [4.69, 9.17) is 8.83 Å². The second-order valence-electron chi connectivity index (χ2n) is 4.83. The van der Waals surface area contributed by atoms with Gasteiger partial charge in [0.15, 0.2) is 0 Å². The Morgan fingerprint density at radius 3 is 2.09 bits per heavy atom. The molecule has 0 bridgehead atoms. The molecule has 22 heavy (non-hydrogen) atoms. The number of nitrogens with zero attached hydrogens (tertiary/aromatic N) is 1. The molecular weight excluding hydrogens is 393 g/mol. The summed E-state index contributed by atoms with van der Waals surface area (Å²) in [5.41, 5.74) is 0.657. The third kappa shape index (κ3) is 3.59. The lowest BCUT2D eigenvalue weighted by atomic mass is 10.2. The number of rotatable bonds is 5. The molecule has 5 heteroatoms. The number of halogens is 1. The van der Waals surface area contributed by atoms with Gasteiger partial charge in [-0.05, 0) is 65.1 Å². The van der Waals surface area contributed by atoms with Gasteiger partial charge in [-0.2, -0.15) is 0 Å². The van der Waals surface area contributed by atoms with Crippen LogP contribution >= 0.6 is 22.6 Å². The molecule has 1 amide bonds. The normalized spacial score (nSPS) is 10.6. The second-order valence-corrected chi connectivity index (χ2v) is 6.08. The molecule has 0 N–H and O–H groups in total. The molecule has 0 radical (unpaired) electrons. The van der Waals surface area contributed by atoms with Crippen molar-refractivity contribution in [1.29, 1.82) is 0 Å². The van der Waals surface area contributed by atoms with Gasteiger partial charge in [0, 0.05) is 9.13 Å². The van der Waals surface area contributed by atoms with Gasteiger partial charge in [0.2, 0.25) is 0 Å². The molecule has 112 valence electrons. The van der Waals surface area contributed by atoms with E-state index in [9.17, 15) is 4.79 Å². The molecule has 3 aromatic rings. The van der Waals surface area contributed by atoms with E-state index in [0.29, 0.717) is 18.7 Å². The minimum atomic E-state index is -0.0497. The molecule has 1 aromatic carbocycles. The lowest BCUT2D eigenvalue weighted by Gasteiger charge is -2.20. The highest BCUT2D eigenvalue weighted by molar-refractivity contribution is 14.1. The maximum Gasteiger partial charge on any atom is 0.254 e. The summed E-state index contributed by atoms with van der Waals surface area (Å²) < 4.78 is 11.8. The summed E-state index contributed by atoms with van der Waals surface area (Å²) in [7, 11) is 0. The van der Waals surface area contributed by atoms with Gasteiger partial charge in [0.1, 0.15) is 11.5 Å². The molecule has 0 unspecified atom stereocenters. The lowest BCUT2D eigenvalue weighted by Crippen LogP contribution is -2.29. The van der Waals surface area contributed by atoms with Gasteiger partial charge in [-0.15, -0.1) is 0 Å². The van der Waals surface area contributed by atoms with Crippen molar-refractivity contribution >= 4 is 28.5 Å². The molecule has 2 aromatic heterocycles. The van der Waals surface area contributed by atoms with Crippen molar-refractivity contribution < 1.29 is 13.6 Å². The Bertz CT molecular complexity index is 699. The van der Waals surface area contributed by atoms with Gasteiger partial charge in [0.05, 0.1) is 25.6 Å². The molecule has 2 heterocycles. The first-order valence-electron chi connectivity index (χ1n) is 6.82. The van der Waals surface area contributed by atoms with Crippen LogP contribution in [0.2, 0.25) is 0 Å². The van der Waals surface area contributed by atoms with E-state index in [0.717, 1.165) is 15.1 Å². The Morgan fingerprint density at radius 2 is 1.59 bits per heavy atom. The van der Waals surface area contributed by atoms with Crippen LogP contribution in [0.25, 0.3) is 0 Å². The van der Waals surface area contributed by atoms with Crippen molar-refractivity contribution in [2.75, 3.05) is 0 Å². The van der Waals surface area contributed by atoms with Crippen LogP contribution in [0.5, 0.6) is 0 Å². The van der Waals surface area contributed by atoms with Gasteiger partial charge >= 0.3 is 0 Å². The fourth-order valence-electron chi connectivity index (χ4n) is 2.18. The molecule has 0 saturated carbocycles. The first-order chi connectivity index (χ1) is 10.7. The Morgan fingerprint density at radius 1 is 0.955 bits per heavy atom. The van der Waals surface area contributed by atoms with Gasteiger partial charge in [-0.25, -0.2) is 0 Å². The van der Waals surface area contributed by atoms with Crippen molar-refractivity contribution in [3.05, 3.63) is 81.7 Å². The van der Waals surface area contributed by atoms with Crippen LogP contribution in [0.3, 0.4) is 0 Å². The summed E-state index contributed by atoms with van der Waals surface area (Å²) in [5, 5.41) is 0. The average Bonchev–Trinajstić information content (AvgIpc) is 3.19. The molecule has 0 saturated heterocycles. The zero-order valence-corrected chi connectivity index (χ0v) is 13.9. The maximum absolute atomic E-state index is 12.8. The highest BCUT2D eigenvalue weighted by atomic mass is 127. The third-order valence-corrected chi connectivity index (χ3v) is 3.88. The fourth-order valence-corrected chi connectivity index (χ4v) is 2.73. The number of amides is 1. The molecular formula is C17H14INO3. The Balaban J connectivity index is 1.85. The maximum atomic E-state index is 12.8. The zero-order chi connectivity index (χ0) is 15.4. The lowest BCUT2D eigenvalue weighted by molar-refractivity contribution is 0.0705. The van der Waals surface area contributed by atoms with Crippen molar-refractivity contribution in [2.24, 2.45) is 0 Å². The van der Waals surface area contributed by atoms with Gasteiger partial charge < -0.3 is 13.7 Å². The number of carbonyl (C=O) groups is 1. The fraction of sp³-hybridized carbons (Fsp3) is 0.118. The molecule has 0 aliphatic rings. The topological polar surface area (TPSA) is 46.6 Å². The van der Waals surface area contributed by atoms with E-state index in [1.54, 1.807) is 17.4 Å². The van der Waals surface area contributed by atoms with Crippen LogP contribution in [-0.4, -0.2) is 10.8 Å². The number of carbonyl (C=O) groups excluding carboxylic acids is 1. The van der Waals surface area contributed by atoms with Crippen LogP contribution in [0.1, 0.15) is 21.9 Å². The van der Waals surface area contributed by atoms with E-state index in [-0.39, 0.29) is 5.91 Å². The van der Waals surface area contributed by atoms with Gasteiger partial charge in [-0.1, -0.05) is 6.07 Å². The smallest absolute Gasteiger partial charge is 0.254 e. The first kappa shape index (κ1) is 14.9. The summed E-state index contributed by atoms with van der Waals surface area (Å²) in [6.07, 6.45) is 3.21. The molecule has 0 aliphatic heterocycles. The summed E-state index contributed by atoms with van der Waals surface area (Å²) in [6, 6.07) is 14.9. The SMILES string of the molecule is O=C(c1cccc(I)c1)N(Cc1ccco1)Cc1ccco1. The molecule has 0 spiro atoms. The van der Waals surface area contributed by atoms with Crippen LogP contribution in [0, 0.1) is 3.57 Å². The zero-order valence-electron chi connectivity index (χ0n) is 11.7. The number of benzene rings is 1. The molecule has 4 nitrogen and oxygen atoms in total. The molecule has 0 atom stereocenters. The van der Waals surface area contributed by atoms with Crippen LogP contribution < -0.4 is 0 Å². The van der Waals surface area contributed by atoms with E-state index in [2.05, 4.69) is 22.6 Å². The van der Waals surface area contributed by atoms with Gasteiger partial charge in [0.25, 0.3) is 5.91 Å². The summed E-state index contributed by atoms with van der Waals surface area (Å²) in [5.74, 6) is 1.43. The van der Waals surface area contributed by atoms with E-state index >= 15 is 0 Å². The first-order valence-corrected chi connectivity index (χ1v) is 7.90. The highest BCUT2D eigenvalue weighted by Gasteiger charge is 2.19. The average molecular weight is 407 g/mol. The number of hydrogen-bond donors (Lipinski definition) is 0. The van der Waals surface area contributed by atoms with E-state index in [1.165, 1.54) is 0 Å². The Hall–Kier alpha value is -2.02. The van der Waals surface area contributed by atoms with Crippen LogP contribution in [0.4, 0.5) is 0 Å². The Kier molecular flexibility index (Phi) is 4.62. The largest absolute Gasteiger partial charge is 0.467 e. The predicted octanol–water partition coefficient (Wildman–Crippen LogP) is 4.32. The minimum Gasteiger partial charge on any atom is -0.467 e. The van der Waals surface area contributed by atoms with Crippen molar-refractivity contribution in [3.8, 4) is 0 Å². The minimum absolute atomic E-state index is 0.0497. The van der Waals surface area contributed by atoms with Crippen molar-refractivity contribution in [2.45, 2.75) is 13.1 Å². The molecule has 0 aliphatic carbocycles. The second kappa shape index (κ2) is 6.83. The quantitative estimate of drug-likeness (QED) is 0.592. The molecule has 3 rings (SSSR count). The number of furan rings is 2.